The second kappa shape index (κ2) is 6.61. The van der Waals surface area contributed by atoms with E-state index in [1.807, 2.05) is 25.1 Å². The van der Waals surface area contributed by atoms with Crippen LogP contribution >= 0.6 is 12.4 Å². The predicted octanol–water partition coefficient (Wildman–Crippen LogP) is 2.95. The number of halogens is 1. The van der Waals surface area contributed by atoms with Crippen LogP contribution in [0.5, 0.6) is 11.5 Å². The molecule has 1 atom stereocenters. The smallest absolute Gasteiger partial charge is 0.233 e. The molecule has 1 saturated carbocycles. The molecule has 2 aromatic rings. The fourth-order valence-corrected chi connectivity index (χ4v) is 3.17. The van der Waals surface area contributed by atoms with Crippen molar-refractivity contribution in [1.29, 1.82) is 0 Å². The summed E-state index contributed by atoms with van der Waals surface area (Å²) >= 11 is 0. The van der Waals surface area contributed by atoms with E-state index in [0.717, 1.165) is 42.7 Å². The Labute approximate surface area is 147 Å². The first-order chi connectivity index (χ1) is 11.2. The van der Waals surface area contributed by atoms with Crippen LogP contribution < -0.4 is 15.2 Å². The Morgan fingerprint density at radius 3 is 2.92 bits per heavy atom. The van der Waals surface area contributed by atoms with E-state index in [1.54, 1.807) is 0 Å². The van der Waals surface area contributed by atoms with E-state index in [-0.39, 0.29) is 18.3 Å². The van der Waals surface area contributed by atoms with Crippen LogP contribution in [0, 0.1) is 0 Å². The minimum atomic E-state index is -0.392. The molecule has 6 nitrogen and oxygen atoms in total. The third-order valence-corrected chi connectivity index (χ3v) is 4.73. The van der Waals surface area contributed by atoms with Crippen LogP contribution in [0.15, 0.2) is 22.7 Å². The summed E-state index contributed by atoms with van der Waals surface area (Å²) in [5, 5.41) is 4.10. The number of ether oxygens (including phenoxy) is 2. The second-order valence-electron chi connectivity index (χ2n) is 6.38. The lowest BCUT2D eigenvalue weighted by Gasteiger charge is -2.34. The molecular formula is C17H22ClN3O3. The lowest BCUT2D eigenvalue weighted by molar-refractivity contribution is 0.220. The summed E-state index contributed by atoms with van der Waals surface area (Å²) < 4.78 is 16.9. The molecule has 2 heterocycles. The number of rotatable bonds is 4. The largest absolute Gasteiger partial charge is 0.494 e. The lowest BCUT2D eigenvalue weighted by Crippen LogP contribution is -2.44. The molecule has 0 radical (unpaired) electrons. The molecular weight excluding hydrogens is 330 g/mol. The fraction of sp³-hybridized carbons (Fsp3) is 0.529. The maximum atomic E-state index is 6.26. The minimum Gasteiger partial charge on any atom is -0.494 e. The Balaban J connectivity index is 0.00000169. The third kappa shape index (κ3) is 2.96. The van der Waals surface area contributed by atoms with Crippen molar-refractivity contribution in [2.24, 2.45) is 5.73 Å². The number of hydrogen-bond donors (Lipinski definition) is 1. The van der Waals surface area contributed by atoms with Gasteiger partial charge in [-0.25, -0.2) is 0 Å². The van der Waals surface area contributed by atoms with Crippen LogP contribution in [-0.2, 0) is 12.0 Å². The van der Waals surface area contributed by atoms with E-state index in [1.165, 1.54) is 0 Å². The SMILES string of the molecule is CCOc1ccc2c(c1)CC(c1nc(C3(N)CCC3)no1)CO2.Cl. The molecule has 1 aromatic heterocycles. The fourth-order valence-electron chi connectivity index (χ4n) is 3.17. The van der Waals surface area contributed by atoms with Gasteiger partial charge in [-0.2, -0.15) is 4.98 Å². The van der Waals surface area contributed by atoms with Gasteiger partial charge in [-0.3, -0.25) is 0 Å². The van der Waals surface area contributed by atoms with Crippen molar-refractivity contribution in [3.63, 3.8) is 0 Å². The van der Waals surface area contributed by atoms with Crippen molar-refractivity contribution in [2.75, 3.05) is 13.2 Å². The Bertz CT molecular complexity index is 715. The minimum absolute atomic E-state index is 0. The van der Waals surface area contributed by atoms with Gasteiger partial charge in [0.25, 0.3) is 0 Å². The molecule has 2 N–H and O–H groups in total. The summed E-state index contributed by atoms with van der Waals surface area (Å²) in [5.41, 5.74) is 6.98. The van der Waals surface area contributed by atoms with Crippen molar-refractivity contribution in [3.05, 3.63) is 35.5 Å². The van der Waals surface area contributed by atoms with Crippen LogP contribution in [0.2, 0.25) is 0 Å². The van der Waals surface area contributed by atoms with Crippen molar-refractivity contribution in [3.8, 4) is 11.5 Å². The predicted molar refractivity (Wildman–Crippen MR) is 90.8 cm³/mol. The van der Waals surface area contributed by atoms with Crippen molar-refractivity contribution in [1.82, 2.24) is 10.1 Å². The molecule has 1 aromatic carbocycles. The molecule has 1 aliphatic carbocycles. The standard InChI is InChI=1S/C17H21N3O3.ClH/c1-2-21-13-4-5-14-11(9-13)8-12(10-22-14)15-19-16(20-23-15)17(18)6-3-7-17;/h4-5,9,12H,2-3,6-8,10,18H2,1H3;1H. The number of hydrogen-bond acceptors (Lipinski definition) is 6. The van der Waals surface area contributed by atoms with Crippen molar-refractivity contribution in [2.45, 2.75) is 44.1 Å². The zero-order valence-electron chi connectivity index (χ0n) is 13.7. The quantitative estimate of drug-likeness (QED) is 0.911. The van der Waals surface area contributed by atoms with Crippen LogP contribution in [0.25, 0.3) is 0 Å². The lowest BCUT2D eigenvalue weighted by atomic mass is 9.77. The normalized spacial score (nSPS) is 21.0. The molecule has 4 rings (SSSR count). The van der Waals surface area contributed by atoms with Crippen LogP contribution in [0.4, 0.5) is 0 Å². The molecule has 1 aliphatic heterocycles. The van der Waals surface area contributed by atoms with Gasteiger partial charge in [0.2, 0.25) is 5.89 Å². The van der Waals surface area contributed by atoms with Gasteiger partial charge < -0.3 is 19.7 Å². The Kier molecular flexibility index (Phi) is 4.69. The maximum Gasteiger partial charge on any atom is 0.233 e. The molecule has 1 unspecified atom stereocenters. The summed E-state index contributed by atoms with van der Waals surface area (Å²) in [6.07, 6.45) is 3.78. The van der Waals surface area contributed by atoms with Gasteiger partial charge in [0.15, 0.2) is 5.82 Å². The molecule has 7 heteroatoms. The van der Waals surface area contributed by atoms with Gasteiger partial charge in [-0.15, -0.1) is 12.4 Å². The average Bonchev–Trinajstić information content (AvgIpc) is 3.02. The van der Waals surface area contributed by atoms with Gasteiger partial charge in [-0.05, 0) is 56.4 Å². The van der Waals surface area contributed by atoms with Crippen molar-refractivity contribution >= 4 is 12.4 Å². The Morgan fingerprint density at radius 2 is 2.21 bits per heavy atom. The van der Waals surface area contributed by atoms with Crippen LogP contribution in [0.3, 0.4) is 0 Å². The zero-order valence-corrected chi connectivity index (χ0v) is 14.5. The number of nitrogens with zero attached hydrogens (tertiary/aromatic N) is 2. The third-order valence-electron chi connectivity index (χ3n) is 4.73. The molecule has 1 fully saturated rings. The van der Waals surface area contributed by atoms with Crippen molar-refractivity contribution < 1.29 is 14.0 Å². The average molecular weight is 352 g/mol. The highest BCUT2D eigenvalue weighted by molar-refractivity contribution is 5.85. The Morgan fingerprint density at radius 1 is 1.38 bits per heavy atom. The summed E-state index contributed by atoms with van der Waals surface area (Å²) in [6.45, 7) is 3.16. The monoisotopic (exact) mass is 351 g/mol. The molecule has 0 bridgehead atoms. The summed E-state index contributed by atoms with van der Waals surface area (Å²) in [4.78, 5) is 4.55. The van der Waals surface area contributed by atoms with E-state index >= 15 is 0 Å². The van der Waals surface area contributed by atoms with E-state index in [9.17, 15) is 0 Å². The number of benzene rings is 1. The molecule has 24 heavy (non-hydrogen) atoms. The van der Waals surface area contributed by atoms with E-state index in [0.29, 0.717) is 24.9 Å². The van der Waals surface area contributed by atoms with Gasteiger partial charge >= 0.3 is 0 Å². The second-order valence-corrected chi connectivity index (χ2v) is 6.38. The molecule has 0 saturated heterocycles. The number of aromatic nitrogens is 2. The maximum absolute atomic E-state index is 6.26. The van der Waals surface area contributed by atoms with E-state index in [4.69, 9.17) is 19.7 Å². The first-order valence-electron chi connectivity index (χ1n) is 8.19. The van der Waals surface area contributed by atoms with E-state index in [2.05, 4.69) is 10.1 Å². The molecule has 0 amide bonds. The van der Waals surface area contributed by atoms with E-state index < -0.39 is 5.54 Å². The number of fused-ring (bicyclic) bond motifs is 1. The van der Waals surface area contributed by atoms with Crippen LogP contribution in [0.1, 0.15) is 49.4 Å². The number of nitrogens with two attached hydrogens (primary N) is 1. The van der Waals surface area contributed by atoms with Gasteiger partial charge in [-0.1, -0.05) is 5.16 Å². The highest BCUT2D eigenvalue weighted by Gasteiger charge is 2.40. The zero-order chi connectivity index (χ0) is 15.9. The first kappa shape index (κ1) is 17.0. The summed E-state index contributed by atoms with van der Waals surface area (Å²) in [6, 6.07) is 5.92. The first-order valence-corrected chi connectivity index (χ1v) is 8.19. The van der Waals surface area contributed by atoms with Gasteiger partial charge in [0.1, 0.15) is 18.1 Å². The highest BCUT2D eigenvalue weighted by Crippen LogP contribution is 2.38. The Hall–Kier alpha value is -1.79. The van der Waals surface area contributed by atoms with Gasteiger partial charge in [0.05, 0.1) is 18.1 Å². The summed E-state index contributed by atoms with van der Waals surface area (Å²) in [5.74, 6) is 3.07. The molecule has 2 aliphatic rings. The summed E-state index contributed by atoms with van der Waals surface area (Å²) in [7, 11) is 0. The molecule has 130 valence electrons. The topological polar surface area (TPSA) is 83.4 Å². The van der Waals surface area contributed by atoms with Gasteiger partial charge in [0, 0.05) is 0 Å². The molecule has 0 spiro atoms. The highest BCUT2D eigenvalue weighted by atomic mass is 35.5. The van der Waals surface area contributed by atoms with Crippen LogP contribution in [-0.4, -0.2) is 23.4 Å².